The van der Waals surface area contributed by atoms with Gasteiger partial charge >= 0.3 is 0 Å². The SMILES string of the molecule is CCCNC(=O)C(C)N(Cc1cccc(Cl)c1)C(=O)CN(c1ccccc1OC)S(C)(=O)=O. The summed E-state index contributed by atoms with van der Waals surface area (Å²) in [7, 11) is -2.41. The predicted octanol–water partition coefficient (Wildman–Crippen LogP) is 3.06. The number of methoxy groups -OCH3 is 1. The van der Waals surface area contributed by atoms with E-state index in [1.807, 2.05) is 6.92 Å². The minimum Gasteiger partial charge on any atom is -0.495 e. The van der Waals surface area contributed by atoms with E-state index in [4.69, 9.17) is 16.3 Å². The number of hydrogen-bond acceptors (Lipinski definition) is 5. The highest BCUT2D eigenvalue weighted by atomic mass is 35.5. The second kappa shape index (κ2) is 11.9. The Bertz CT molecular complexity index is 1080. The molecule has 0 heterocycles. The Morgan fingerprint density at radius 2 is 1.85 bits per heavy atom. The standard InChI is InChI=1S/C23H30ClN3O5S/c1-5-13-25-23(29)17(2)26(15-18-9-8-10-19(24)14-18)22(28)16-27(33(4,30)31)20-11-6-7-12-21(20)32-3/h6-12,14,17H,5,13,15-16H2,1-4H3,(H,25,29). The summed E-state index contributed by atoms with van der Waals surface area (Å²) < 4.78 is 31.5. The van der Waals surface area contributed by atoms with E-state index in [0.29, 0.717) is 22.9 Å². The Morgan fingerprint density at radius 3 is 2.45 bits per heavy atom. The third-order valence-electron chi connectivity index (χ3n) is 4.99. The first-order valence-electron chi connectivity index (χ1n) is 10.5. The average Bonchev–Trinajstić information content (AvgIpc) is 2.78. The van der Waals surface area contributed by atoms with Gasteiger partial charge in [-0.1, -0.05) is 42.8 Å². The molecule has 2 aromatic rings. The molecule has 2 amide bonds. The van der Waals surface area contributed by atoms with Gasteiger partial charge in [0.2, 0.25) is 21.8 Å². The molecule has 0 radical (unpaired) electrons. The van der Waals surface area contributed by atoms with E-state index in [1.54, 1.807) is 55.5 Å². The van der Waals surface area contributed by atoms with Gasteiger partial charge in [0.05, 0.1) is 19.1 Å². The number of benzene rings is 2. The number of para-hydroxylation sites is 2. The highest BCUT2D eigenvalue weighted by Crippen LogP contribution is 2.29. The molecule has 1 N–H and O–H groups in total. The lowest BCUT2D eigenvalue weighted by molar-refractivity contribution is -0.139. The van der Waals surface area contributed by atoms with Crippen molar-refractivity contribution >= 4 is 39.1 Å². The van der Waals surface area contributed by atoms with Crippen molar-refractivity contribution in [1.29, 1.82) is 0 Å². The van der Waals surface area contributed by atoms with Crippen molar-refractivity contribution < 1.29 is 22.7 Å². The number of halogens is 1. The quantitative estimate of drug-likeness (QED) is 0.517. The molecule has 33 heavy (non-hydrogen) atoms. The van der Waals surface area contributed by atoms with Crippen molar-refractivity contribution in [3.05, 3.63) is 59.1 Å². The Labute approximate surface area is 200 Å². The summed E-state index contributed by atoms with van der Waals surface area (Å²) in [5, 5.41) is 3.28. The van der Waals surface area contributed by atoms with Gasteiger partial charge in [-0.25, -0.2) is 8.42 Å². The van der Waals surface area contributed by atoms with E-state index < -0.39 is 28.5 Å². The minimum absolute atomic E-state index is 0.0869. The normalized spacial score (nSPS) is 12.0. The number of ether oxygens (including phenoxy) is 1. The second-order valence-electron chi connectivity index (χ2n) is 7.56. The van der Waals surface area contributed by atoms with Crippen LogP contribution in [0.4, 0.5) is 5.69 Å². The largest absolute Gasteiger partial charge is 0.495 e. The molecule has 8 nitrogen and oxygen atoms in total. The maximum Gasteiger partial charge on any atom is 0.244 e. The summed E-state index contributed by atoms with van der Waals surface area (Å²) in [6.07, 6.45) is 1.77. The van der Waals surface area contributed by atoms with Crippen LogP contribution in [0.1, 0.15) is 25.8 Å². The number of carbonyl (C=O) groups is 2. The second-order valence-corrected chi connectivity index (χ2v) is 9.90. The van der Waals surface area contributed by atoms with Crippen LogP contribution in [-0.4, -0.2) is 57.6 Å². The molecule has 0 bridgehead atoms. The van der Waals surface area contributed by atoms with Gasteiger partial charge in [0.25, 0.3) is 0 Å². The van der Waals surface area contributed by atoms with Crippen molar-refractivity contribution in [2.45, 2.75) is 32.9 Å². The molecule has 10 heteroatoms. The number of carbonyl (C=O) groups excluding carboxylic acids is 2. The molecule has 2 aromatic carbocycles. The van der Waals surface area contributed by atoms with Crippen LogP contribution in [0.15, 0.2) is 48.5 Å². The number of rotatable bonds is 11. The lowest BCUT2D eigenvalue weighted by atomic mass is 10.1. The molecule has 2 rings (SSSR count). The van der Waals surface area contributed by atoms with E-state index in [0.717, 1.165) is 17.0 Å². The summed E-state index contributed by atoms with van der Waals surface area (Å²) in [6.45, 7) is 3.60. The molecule has 0 aliphatic heterocycles. The maximum absolute atomic E-state index is 13.4. The minimum atomic E-state index is -3.83. The first-order chi connectivity index (χ1) is 15.6. The van der Waals surface area contributed by atoms with Crippen molar-refractivity contribution in [1.82, 2.24) is 10.2 Å². The number of sulfonamides is 1. The van der Waals surface area contributed by atoms with Gasteiger partial charge in [-0.2, -0.15) is 0 Å². The Hall–Kier alpha value is -2.78. The number of nitrogens with one attached hydrogen (secondary N) is 1. The van der Waals surface area contributed by atoms with E-state index >= 15 is 0 Å². The van der Waals surface area contributed by atoms with Gasteiger partial charge < -0.3 is 15.0 Å². The van der Waals surface area contributed by atoms with E-state index in [1.165, 1.54) is 12.0 Å². The molecule has 0 aromatic heterocycles. The smallest absolute Gasteiger partial charge is 0.244 e. The summed E-state index contributed by atoms with van der Waals surface area (Å²) >= 11 is 6.09. The molecule has 0 aliphatic carbocycles. The first-order valence-corrected chi connectivity index (χ1v) is 12.7. The zero-order chi connectivity index (χ0) is 24.6. The van der Waals surface area contributed by atoms with Crippen molar-refractivity contribution in [2.75, 3.05) is 30.8 Å². The van der Waals surface area contributed by atoms with Gasteiger partial charge in [0.15, 0.2) is 0 Å². The molecule has 0 saturated heterocycles. The summed E-state index contributed by atoms with van der Waals surface area (Å²) in [5.41, 5.74) is 0.954. The van der Waals surface area contributed by atoms with Crippen LogP contribution in [-0.2, 0) is 26.2 Å². The van der Waals surface area contributed by atoms with Crippen LogP contribution in [0.2, 0.25) is 5.02 Å². The van der Waals surface area contributed by atoms with Crippen LogP contribution in [0.25, 0.3) is 0 Å². The molecule has 0 saturated carbocycles. The Balaban J connectivity index is 2.41. The number of nitrogens with zero attached hydrogens (tertiary/aromatic N) is 2. The molecule has 0 aliphatic rings. The summed E-state index contributed by atoms with van der Waals surface area (Å²) in [4.78, 5) is 27.5. The topological polar surface area (TPSA) is 96.0 Å². The van der Waals surface area contributed by atoms with Crippen molar-refractivity contribution in [3.8, 4) is 5.75 Å². The van der Waals surface area contributed by atoms with Crippen LogP contribution in [0.3, 0.4) is 0 Å². The fraction of sp³-hybridized carbons (Fsp3) is 0.391. The van der Waals surface area contributed by atoms with Gasteiger partial charge in [-0.15, -0.1) is 0 Å². The Morgan fingerprint density at radius 1 is 1.15 bits per heavy atom. The van der Waals surface area contributed by atoms with E-state index in [2.05, 4.69) is 5.32 Å². The van der Waals surface area contributed by atoms with Crippen molar-refractivity contribution in [3.63, 3.8) is 0 Å². The van der Waals surface area contributed by atoms with Crippen LogP contribution < -0.4 is 14.4 Å². The molecule has 0 fully saturated rings. The number of anilines is 1. The maximum atomic E-state index is 13.4. The molecular formula is C23H30ClN3O5S. The fourth-order valence-corrected chi connectivity index (χ4v) is 4.31. The van der Waals surface area contributed by atoms with Gasteiger partial charge in [-0.3, -0.25) is 13.9 Å². The average molecular weight is 496 g/mol. The molecule has 0 spiro atoms. The fourth-order valence-electron chi connectivity index (χ4n) is 3.24. The zero-order valence-corrected chi connectivity index (χ0v) is 20.8. The molecule has 1 atom stereocenters. The third-order valence-corrected chi connectivity index (χ3v) is 6.35. The van der Waals surface area contributed by atoms with Crippen LogP contribution in [0, 0.1) is 0 Å². The zero-order valence-electron chi connectivity index (χ0n) is 19.2. The monoisotopic (exact) mass is 495 g/mol. The molecular weight excluding hydrogens is 466 g/mol. The van der Waals surface area contributed by atoms with E-state index in [-0.39, 0.29) is 18.1 Å². The summed E-state index contributed by atoms with van der Waals surface area (Å²) in [5.74, 6) is -0.549. The van der Waals surface area contributed by atoms with Gasteiger partial charge in [0, 0.05) is 18.1 Å². The van der Waals surface area contributed by atoms with Crippen molar-refractivity contribution in [2.24, 2.45) is 0 Å². The number of amides is 2. The molecule has 1 unspecified atom stereocenters. The van der Waals surface area contributed by atoms with Crippen LogP contribution in [0.5, 0.6) is 5.75 Å². The van der Waals surface area contributed by atoms with Crippen LogP contribution >= 0.6 is 11.6 Å². The number of hydrogen-bond donors (Lipinski definition) is 1. The van der Waals surface area contributed by atoms with Gasteiger partial charge in [-0.05, 0) is 43.2 Å². The predicted molar refractivity (Wildman–Crippen MR) is 130 cm³/mol. The lowest BCUT2D eigenvalue weighted by Gasteiger charge is -2.31. The summed E-state index contributed by atoms with van der Waals surface area (Å²) in [6, 6.07) is 12.7. The van der Waals surface area contributed by atoms with E-state index in [9.17, 15) is 18.0 Å². The highest BCUT2D eigenvalue weighted by Gasteiger charge is 2.31. The highest BCUT2D eigenvalue weighted by molar-refractivity contribution is 7.92. The first kappa shape index (κ1) is 26.5. The molecule has 180 valence electrons. The van der Waals surface area contributed by atoms with Gasteiger partial charge in [0.1, 0.15) is 18.3 Å². The third kappa shape index (κ3) is 7.36. The lowest BCUT2D eigenvalue weighted by Crippen LogP contribution is -2.51. The Kier molecular flexibility index (Phi) is 9.55.